The highest BCUT2D eigenvalue weighted by molar-refractivity contribution is 9.10. The molecule has 0 aliphatic carbocycles. The van der Waals surface area contributed by atoms with Crippen molar-refractivity contribution in [3.05, 3.63) is 80.1 Å². The smallest absolute Gasteiger partial charge is 0.349 e. The summed E-state index contributed by atoms with van der Waals surface area (Å²) in [6.45, 7) is 0.164. The molecule has 2 amide bonds. The molecule has 0 aliphatic rings. The van der Waals surface area contributed by atoms with Crippen LogP contribution in [0.3, 0.4) is 0 Å². The predicted octanol–water partition coefficient (Wildman–Crippen LogP) is 2.60. The summed E-state index contributed by atoms with van der Waals surface area (Å²) in [5.74, 6) is -1.18. The van der Waals surface area contributed by atoms with Crippen LogP contribution in [0.15, 0.2) is 62.2 Å². The van der Waals surface area contributed by atoms with Crippen LogP contribution in [0.5, 0.6) is 0 Å². The van der Waals surface area contributed by atoms with Gasteiger partial charge in [0.1, 0.15) is 11.1 Å². The van der Waals surface area contributed by atoms with Gasteiger partial charge in [-0.25, -0.2) is 10.3 Å². The van der Waals surface area contributed by atoms with E-state index in [2.05, 4.69) is 21.2 Å². The highest BCUT2D eigenvalue weighted by Gasteiger charge is 2.14. The standard InChI is InChI=1S/C18H13BrN2O5/c19-13-6-5-12-7-14(18(24)26-15(12)8-13)17(23)20-9-10-1-3-11(4-2-10)16(22)21-25/h1-8,25H,9H2,(H,20,23)(H,21,22). The lowest BCUT2D eigenvalue weighted by molar-refractivity contribution is 0.0706. The van der Waals surface area contributed by atoms with E-state index in [1.807, 2.05) is 0 Å². The SMILES string of the molecule is O=C(NO)c1ccc(CNC(=O)c2cc3ccc(Br)cc3oc2=O)cc1. The molecule has 0 radical (unpaired) electrons. The number of benzene rings is 2. The van der Waals surface area contributed by atoms with Crippen LogP contribution in [0.1, 0.15) is 26.3 Å². The molecule has 0 bridgehead atoms. The third-order valence-corrected chi connectivity index (χ3v) is 4.21. The minimum atomic E-state index is -0.719. The molecule has 3 N–H and O–H groups in total. The minimum Gasteiger partial charge on any atom is -0.422 e. The summed E-state index contributed by atoms with van der Waals surface area (Å²) < 4.78 is 5.95. The van der Waals surface area contributed by atoms with Crippen molar-refractivity contribution >= 4 is 38.7 Å². The number of nitrogens with one attached hydrogen (secondary N) is 2. The van der Waals surface area contributed by atoms with E-state index in [1.165, 1.54) is 23.7 Å². The molecule has 0 fully saturated rings. The van der Waals surface area contributed by atoms with Gasteiger partial charge in [0.15, 0.2) is 0 Å². The van der Waals surface area contributed by atoms with E-state index in [-0.39, 0.29) is 17.7 Å². The van der Waals surface area contributed by atoms with E-state index in [4.69, 9.17) is 9.62 Å². The Kier molecular flexibility index (Phi) is 5.15. The van der Waals surface area contributed by atoms with Gasteiger partial charge in [0.2, 0.25) is 0 Å². The summed E-state index contributed by atoms with van der Waals surface area (Å²) in [6.07, 6.45) is 0. The van der Waals surface area contributed by atoms with Gasteiger partial charge in [-0.15, -0.1) is 0 Å². The van der Waals surface area contributed by atoms with Crippen molar-refractivity contribution in [2.45, 2.75) is 6.54 Å². The van der Waals surface area contributed by atoms with Gasteiger partial charge >= 0.3 is 5.63 Å². The number of carbonyl (C=O) groups excluding carboxylic acids is 2. The van der Waals surface area contributed by atoms with Crippen LogP contribution in [-0.2, 0) is 6.54 Å². The molecule has 3 rings (SSSR count). The number of fused-ring (bicyclic) bond motifs is 1. The summed E-state index contributed by atoms with van der Waals surface area (Å²) in [5, 5.41) is 11.9. The zero-order valence-corrected chi connectivity index (χ0v) is 14.9. The van der Waals surface area contributed by atoms with Crippen molar-refractivity contribution < 1.29 is 19.2 Å². The lowest BCUT2D eigenvalue weighted by Gasteiger charge is -2.06. The Labute approximate surface area is 155 Å². The van der Waals surface area contributed by atoms with Crippen LogP contribution in [0.25, 0.3) is 11.0 Å². The first-order chi connectivity index (χ1) is 12.5. The lowest BCUT2D eigenvalue weighted by atomic mass is 10.1. The summed E-state index contributed by atoms with van der Waals surface area (Å²) in [7, 11) is 0. The molecule has 0 atom stereocenters. The Bertz CT molecular complexity index is 1040. The highest BCUT2D eigenvalue weighted by atomic mass is 79.9. The summed E-state index contributed by atoms with van der Waals surface area (Å²) in [5.41, 5.74) is 2.13. The first-order valence-corrected chi connectivity index (χ1v) is 8.32. The third-order valence-electron chi connectivity index (χ3n) is 3.71. The van der Waals surface area contributed by atoms with Crippen LogP contribution < -0.4 is 16.4 Å². The lowest BCUT2D eigenvalue weighted by Crippen LogP contribution is -2.27. The predicted molar refractivity (Wildman–Crippen MR) is 97.0 cm³/mol. The van der Waals surface area contributed by atoms with Crippen molar-refractivity contribution in [2.75, 3.05) is 0 Å². The highest BCUT2D eigenvalue weighted by Crippen LogP contribution is 2.19. The Hall–Kier alpha value is -2.97. The van der Waals surface area contributed by atoms with Gasteiger partial charge < -0.3 is 9.73 Å². The van der Waals surface area contributed by atoms with Crippen LogP contribution in [0.2, 0.25) is 0 Å². The van der Waals surface area contributed by atoms with Gasteiger partial charge in [-0.3, -0.25) is 14.8 Å². The molecule has 1 aromatic heterocycles. The Balaban J connectivity index is 1.75. The second kappa shape index (κ2) is 7.51. The molecule has 0 saturated carbocycles. The molecule has 0 saturated heterocycles. The van der Waals surface area contributed by atoms with E-state index in [0.717, 1.165) is 10.0 Å². The molecular weight excluding hydrogens is 404 g/mol. The number of rotatable bonds is 4. The molecule has 0 unspecified atom stereocenters. The van der Waals surface area contributed by atoms with Crippen molar-refractivity contribution in [2.24, 2.45) is 0 Å². The molecule has 132 valence electrons. The van der Waals surface area contributed by atoms with Gasteiger partial charge in [0.05, 0.1) is 0 Å². The third kappa shape index (κ3) is 3.81. The molecule has 3 aromatic rings. The summed E-state index contributed by atoms with van der Waals surface area (Å²) >= 11 is 3.29. The topological polar surface area (TPSA) is 109 Å². The second-order valence-corrected chi connectivity index (χ2v) is 6.37. The Morgan fingerprint density at radius 2 is 1.77 bits per heavy atom. The van der Waals surface area contributed by atoms with E-state index in [0.29, 0.717) is 11.0 Å². The van der Waals surface area contributed by atoms with Crippen molar-refractivity contribution in [3.63, 3.8) is 0 Å². The maximum absolute atomic E-state index is 12.3. The van der Waals surface area contributed by atoms with Crippen molar-refractivity contribution in [1.29, 1.82) is 0 Å². The van der Waals surface area contributed by atoms with E-state index in [9.17, 15) is 14.4 Å². The molecule has 1 heterocycles. The molecular formula is C18H13BrN2O5. The van der Waals surface area contributed by atoms with E-state index >= 15 is 0 Å². The Morgan fingerprint density at radius 1 is 1.04 bits per heavy atom. The average Bonchev–Trinajstić information content (AvgIpc) is 2.65. The second-order valence-electron chi connectivity index (χ2n) is 5.45. The zero-order valence-electron chi connectivity index (χ0n) is 13.3. The van der Waals surface area contributed by atoms with Crippen LogP contribution in [0.4, 0.5) is 0 Å². The average molecular weight is 417 g/mol. The quantitative estimate of drug-likeness (QED) is 0.344. The maximum atomic E-state index is 12.3. The summed E-state index contributed by atoms with van der Waals surface area (Å²) in [6, 6.07) is 12.9. The maximum Gasteiger partial charge on any atom is 0.349 e. The Morgan fingerprint density at radius 3 is 2.46 bits per heavy atom. The molecule has 2 aromatic carbocycles. The van der Waals surface area contributed by atoms with Crippen molar-refractivity contribution in [3.8, 4) is 0 Å². The van der Waals surface area contributed by atoms with Crippen molar-refractivity contribution in [1.82, 2.24) is 10.8 Å². The molecule has 7 nitrogen and oxygen atoms in total. The molecule has 26 heavy (non-hydrogen) atoms. The zero-order chi connectivity index (χ0) is 18.7. The fourth-order valence-corrected chi connectivity index (χ4v) is 2.70. The van der Waals surface area contributed by atoms with E-state index < -0.39 is 17.4 Å². The van der Waals surface area contributed by atoms with Gasteiger partial charge in [0, 0.05) is 22.0 Å². The van der Waals surface area contributed by atoms with Crippen LogP contribution in [0, 0.1) is 0 Å². The number of halogens is 1. The first-order valence-electron chi connectivity index (χ1n) is 7.53. The number of carbonyl (C=O) groups is 2. The fourth-order valence-electron chi connectivity index (χ4n) is 2.36. The normalized spacial score (nSPS) is 10.5. The largest absolute Gasteiger partial charge is 0.422 e. The molecule has 8 heteroatoms. The van der Waals surface area contributed by atoms with Crippen LogP contribution >= 0.6 is 15.9 Å². The van der Waals surface area contributed by atoms with Crippen LogP contribution in [-0.4, -0.2) is 17.0 Å². The van der Waals surface area contributed by atoms with Gasteiger partial charge in [-0.2, -0.15) is 0 Å². The number of hydrogen-bond acceptors (Lipinski definition) is 5. The van der Waals surface area contributed by atoms with Gasteiger partial charge in [-0.05, 0) is 35.9 Å². The monoisotopic (exact) mass is 416 g/mol. The minimum absolute atomic E-state index is 0.0869. The number of hydroxylamine groups is 1. The molecule has 0 spiro atoms. The number of hydrogen-bond donors (Lipinski definition) is 3. The number of amides is 2. The first kappa shape index (κ1) is 17.8. The summed E-state index contributed by atoms with van der Waals surface area (Å²) in [4.78, 5) is 35.6. The van der Waals surface area contributed by atoms with E-state index in [1.54, 1.807) is 30.3 Å². The fraction of sp³-hybridized carbons (Fsp3) is 0.0556. The molecule has 0 aliphatic heterocycles. The van der Waals surface area contributed by atoms with Gasteiger partial charge in [-0.1, -0.05) is 34.1 Å². The van der Waals surface area contributed by atoms with Gasteiger partial charge in [0.25, 0.3) is 11.8 Å².